The number of imide groups is 1. The van der Waals surface area contributed by atoms with Gasteiger partial charge in [0.25, 0.3) is 0 Å². The standard InChI is InChI=1S/C21H29N7O2/c1-22-21(24-12-16-26-25-15-5-2-3-9-27(15)16)23-8-4-10-28-19(29)17-13-6-7-14(11-13)18(17)20(28)30/h6-7,13-14,17-18H,2-5,8-12H2,1H3,(H2,22,23,24). The summed E-state index contributed by atoms with van der Waals surface area (Å²) in [5.41, 5.74) is 0. The van der Waals surface area contributed by atoms with Crippen molar-refractivity contribution in [1.82, 2.24) is 30.3 Å². The summed E-state index contributed by atoms with van der Waals surface area (Å²) in [6.45, 7) is 2.64. The largest absolute Gasteiger partial charge is 0.356 e. The SMILES string of the molecule is CN=C(NCCCN1C(=O)C2C3C=CC(C3)C2C1=O)NCc1nnc2n1CCCC2. The van der Waals surface area contributed by atoms with E-state index < -0.39 is 0 Å². The Bertz CT molecular complexity index is 875. The lowest BCUT2D eigenvalue weighted by Gasteiger charge is -2.18. The highest BCUT2D eigenvalue weighted by atomic mass is 16.2. The van der Waals surface area contributed by atoms with Crippen LogP contribution in [-0.4, -0.2) is 57.6 Å². The molecule has 2 aliphatic carbocycles. The van der Waals surface area contributed by atoms with E-state index in [0.29, 0.717) is 32.0 Å². The second-order valence-corrected chi connectivity index (χ2v) is 8.68. The Morgan fingerprint density at radius 1 is 1.13 bits per heavy atom. The van der Waals surface area contributed by atoms with E-state index >= 15 is 0 Å². The topological polar surface area (TPSA) is 105 Å². The zero-order chi connectivity index (χ0) is 20.7. The summed E-state index contributed by atoms with van der Waals surface area (Å²) >= 11 is 0. The van der Waals surface area contributed by atoms with Crippen molar-refractivity contribution < 1.29 is 9.59 Å². The van der Waals surface area contributed by atoms with Gasteiger partial charge in [0, 0.05) is 33.1 Å². The predicted molar refractivity (Wildman–Crippen MR) is 110 cm³/mol. The van der Waals surface area contributed by atoms with Gasteiger partial charge in [-0.1, -0.05) is 12.2 Å². The van der Waals surface area contributed by atoms with Gasteiger partial charge in [0.15, 0.2) is 11.8 Å². The lowest BCUT2D eigenvalue weighted by Crippen LogP contribution is -2.40. The molecule has 0 aromatic carbocycles. The number of aliphatic imine (C=N–C) groups is 1. The molecular formula is C21H29N7O2. The third-order valence-corrected chi connectivity index (χ3v) is 6.99. The number of aromatic nitrogens is 3. The molecule has 9 nitrogen and oxygen atoms in total. The Morgan fingerprint density at radius 2 is 1.90 bits per heavy atom. The van der Waals surface area contributed by atoms with Crippen LogP contribution in [0.5, 0.6) is 0 Å². The number of hydrogen-bond acceptors (Lipinski definition) is 5. The van der Waals surface area contributed by atoms with Crippen LogP contribution in [-0.2, 0) is 29.1 Å². The van der Waals surface area contributed by atoms with Crippen molar-refractivity contribution in [2.75, 3.05) is 20.1 Å². The van der Waals surface area contributed by atoms with E-state index in [1.807, 2.05) is 0 Å². The highest BCUT2D eigenvalue weighted by molar-refractivity contribution is 6.06. The molecule has 0 radical (unpaired) electrons. The van der Waals surface area contributed by atoms with Crippen LogP contribution in [0.2, 0.25) is 0 Å². The van der Waals surface area contributed by atoms with Gasteiger partial charge in [-0.2, -0.15) is 0 Å². The molecule has 4 unspecified atom stereocenters. The van der Waals surface area contributed by atoms with E-state index in [2.05, 4.69) is 42.5 Å². The molecule has 1 aromatic heterocycles. The van der Waals surface area contributed by atoms with Crippen LogP contribution in [0.3, 0.4) is 0 Å². The molecule has 4 atom stereocenters. The molecular weight excluding hydrogens is 382 g/mol. The number of nitrogens with one attached hydrogen (secondary N) is 2. The van der Waals surface area contributed by atoms with E-state index in [1.165, 1.54) is 11.3 Å². The van der Waals surface area contributed by atoms with Gasteiger partial charge in [-0.25, -0.2) is 0 Å². The maximum absolute atomic E-state index is 12.7. The minimum atomic E-state index is -0.107. The quantitative estimate of drug-likeness (QED) is 0.232. The second-order valence-electron chi connectivity index (χ2n) is 8.68. The first-order valence-corrected chi connectivity index (χ1v) is 11.1. The van der Waals surface area contributed by atoms with Crippen LogP contribution in [0.4, 0.5) is 0 Å². The van der Waals surface area contributed by atoms with Gasteiger partial charge in [-0.3, -0.25) is 19.5 Å². The second kappa shape index (κ2) is 7.85. The fourth-order valence-electron chi connectivity index (χ4n) is 5.51. The first-order valence-electron chi connectivity index (χ1n) is 11.1. The summed E-state index contributed by atoms with van der Waals surface area (Å²) in [5.74, 6) is 3.05. The summed E-state index contributed by atoms with van der Waals surface area (Å²) in [6, 6.07) is 0. The normalized spacial score (nSPS) is 29.5. The first-order chi connectivity index (χ1) is 14.7. The molecule has 9 heteroatoms. The number of carbonyl (C=O) groups excluding carboxylic acids is 2. The van der Waals surface area contributed by atoms with Crippen molar-refractivity contribution in [1.29, 1.82) is 0 Å². The average Bonchev–Trinajstić information content (AvgIpc) is 3.52. The fraction of sp³-hybridized carbons (Fsp3) is 0.667. The zero-order valence-corrected chi connectivity index (χ0v) is 17.4. The number of amides is 2. The minimum Gasteiger partial charge on any atom is -0.356 e. The minimum absolute atomic E-state index is 0.0286. The Labute approximate surface area is 176 Å². The number of allylic oxidation sites excluding steroid dienone is 2. The summed E-state index contributed by atoms with van der Waals surface area (Å²) in [4.78, 5) is 31.2. The number of guanidine groups is 1. The molecule has 3 heterocycles. The molecule has 5 rings (SSSR count). The third-order valence-electron chi connectivity index (χ3n) is 6.99. The average molecular weight is 412 g/mol. The van der Waals surface area contributed by atoms with Crippen molar-refractivity contribution >= 4 is 17.8 Å². The molecule has 2 amide bonds. The number of fused-ring (bicyclic) bond motifs is 6. The number of rotatable bonds is 6. The van der Waals surface area contributed by atoms with Crippen molar-refractivity contribution in [3.8, 4) is 0 Å². The van der Waals surface area contributed by atoms with Gasteiger partial charge in [0.2, 0.25) is 11.8 Å². The van der Waals surface area contributed by atoms with E-state index in [-0.39, 0.29) is 35.5 Å². The lowest BCUT2D eigenvalue weighted by molar-refractivity contribution is -0.140. The molecule has 1 saturated carbocycles. The zero-order valence-electron chi connectivity index (χ0n) is 17.4. The number of carbonyl (C=O) groups is 2. The van der Waals surface area contributed by atoms with Crippen molar-refractivity contribution in [3.63, 3.8) is 0 Å². The van der Waals surface area contributed by atoms with E-state index in [0.717, 1.165) is 37.5 Å². The summed E-state index contributed by atoms with van der Waals surface area (Å²) < 4.78 is 2.19. The Balaban J connectivity index is 1.08. The maximum Gasteiger partial charge on any atom is 0.233 e. The van der Waals surface area contributed by atoms with Crippen LogP contribution in [0.1, 0.15) is 37.3 Å². The van der Waals surface area contributed by atoms with Gasteiger partial charge >= 0.3 is 0 Å². The third kappa shape index (κ3) is 3.20. The molecule has 2 bridgehead atoms. The van der Waals surface area contributed by atoms with Crippen LogP contribution in [0.15, 0.2) is 17.1 Å². The highest BCUT2D eigenvalue weighted by Gasteiger charge is 2.58. The number of aryl methyl sites for hydroxylation is 1. The van der Waals surface area contributed by atoms with Crippen LogP contribution < -0.4 is 10.6 Å². The van der Waals surface area contributed by atoms with Crippen LogP contribution in [0.25, 0.3) is 0 Å². The van der Waals surface area contributed by atoms with Crippen LogP contribution in [0, 0.1) is 23.7 Å². The smallest absolute Gasteiger partial charge is 0.233 e. The van der Waals surface area contributed by atoms with Gasteiger partial charge < -0.3 is 15.2 Å². The molecule has 2 N–H and O–H groups in total. The van der Waals surface area contributed by atoms with E-state index in [4.69, 9.17) is 0 Å². The molecule has 160 valence electrons. The molecule has 1 saturated heterocycles. The van der Waals surface area contributed by atoms with Gasteiger partial charge in [0.1, 0.15) is 5.82 Å². The first kappa shape index (κ1) is 19.3. The van der Waals surface area contributed by atoms with E-state index in [9.17, 15) is 9.59 Å². The molecule has 30 heavy (non-hydrogen) atoms. The molecule has 4 aliphatic rings. The summed E-state index contributed by atoms with van der Waals surface area (Å²) in [5, 5.41) is 15.1. The number of nitrogens with zero attached hydrogens (tertiary/aromatic N) is 5. The summed E-state index contributed by atoms with van der Waals surface area (Å²) in [7, 11) is 1.73. The van der Waals surface area contributed by atoms with Crippen LogP contribution >= 0.6 is 0 Å². The highest BCUT2D eigenvalue weighted by Crippen LogP contribution is 2.52. The lowest BCUT2D eigenvalue weighted by atomic mass is 9.85. The monoisotopic (exact) mass is 411 g/mol. The Morgan fingerprint density at radius 3 is 2.63 bits per heavy atom. The molecule has 2 aliphatic heterocycles. The van der Waals surface area contributed by atoms with E-state index in [1.54, 1.807) is 7.05 Å². The van der Waals surface area contributed by atoms with Crippen molar-refractivity contribution in [2.45, 2.75) is 45.2 Å². The van der Waals surface area contributed by atoms with Gasteiger partial charge in [-0.05, 0) is 37.5 Å². The molecule has 2 fully saturated rings. The van der Waals surface area contributed by atoms with Crippen molar-refractivity contribution in [2.24, 2.45) is 28.7 Å². The Kier molecular flexibility index (Phi) is 5.04. The predicted octanol–water partition coefficient (Wildman–Crippen LogP) is 0.477. The van der Waals surface area contributed by atoms with Gasteiger partial charge in [-0.15, -0.1) is 10.2 Å². The summed E-state index contributed by atoms with van der Waals surface area (Å²) in [6.07, 6.45) is 9.26. The number of likely N-dealkylation sites (tertiary alicyclic amines) is 1. The Hall–Kier alpha value is -2.71. The number of hydrogen-bond donors (Lipinski definition) is 2. The van der Waals surface area contributed by atoms with Crippen molar-refractivity contribution in [3.05, 3.63) is 23.8 Å². The fourth-order valence-corrected chi connectivity index (χ4v) is 5.51. The maximum atomic E-state index is 12.7. The molecule has 0 spiro atoms. The van der Waals surface area contributed by atoms with Gasteiger partial charge in [0.05, 0.1) is 18.4 Å². The molecule has 1 aromatic rings.